The molecular formula is C16H23N3O2. The average molecular weight is 289 g/mol. The summed E-state index contributed by atoms with van der Waals surface area (Å²) in [5, 5.41) is 12.0. The van der Waals surface area contributed by atoms with E-state index in [0.717, 1.165) is 18.5 Å². The number of aryl methyl sites for hydroxylation is 2. The fraction of sp³-hybridized carbons (Fsp3) is 0.500. The molecule has 1 atom stereocenters. The topological polar surface area (TPSA) is 78.9 Å². The van der Waals surface area contributed by atoms with Crippen molar-refractivity contribution in [3.8, 4) is 0 Å². The van der Waals surface area contributed by atoms with Crippen LogP contribution in [0.3, 0.4) is 0 Å². The Morgan fingerprint density at radius 2 is 2.14 bits per heavy atom. The molecule has 1 aromatic carbocycles. The Kier molecular flexibility index (Phi) is 4.50. The Hall–Kier alpha value is -2.04. The van der Waals surface area contributed by atoms with Gasteiger partial charge in [0.25, 0.3) is 0 Å². The zero-order valence-corrected chi connectivity index (χ0v) is 12.8. The molecule has 5 nitrogen and oxygen atoms in total. The molecule has 2 rings (SSSR count). The van der Waals surface area contributed by atoms with Gasteiger partial charge in [0.15, 0.2) is 5.84 Å². The van der Waals surface area contributed by atoms with Crippen molar-refractivity contribution in [3.05, 3.63) is 29.3 Å². The number of anilines is 1. The normalized spacial score (nSPS) is 16.8. The number of fused-ring (bicyclic) bond motifs is 1. The first-order valence-corrected chi connectivity index (χ1v) is 7.34. The number of hydrogen-bond acceptors (Lipinski definition) is 3. The minimum atomic E-state index is -0.595. The fourth-order valence-electron chi connectivity index (χ4n) is 2.94. The third kappa shape index (κ3) is 3.01. The van der Waals surface area contributed by atoms with Gasteiger partial charge in [-0.05, 0) is 37.3 Å². The molecule has 1 aliphatic heterocycles. The first kappa shape index (κ1) is 15.4. The largest absolute Gasteiger partial charge is 0.409 e. The second-order valence-corrected chi connectivity index (χ2v) is 5.97. The van der Waals surface area contributed by atoms with Gasteiger partial charge in [0, 0.05) is 12.2 Å². The Morgan fingerprint density at radius 3 is 2.76 bits per heavy atom. The predicted octanol–water partition coefficient (Wildman–Crippen LogP) is 2.29. The lowest BCUT2D eigenvalue weighted by molar-refractivity contribution is -0.121. The molecule has 3 N–H and O–H groups in total. The van der Waals surface area contributed by atoms with Crippen LogP contribution in [0.4, 0.5) is 5.69 Å². The molecule has 0 saturated carbocycles. The van der Waals surface area contributed by atoms with Crippen molar-refractivity contribution in [2.45, 2.75) is 33.6 Å². The summed E-state index contributed by atoms with van der Waals surface area (Å²) >= 11 is 0. The van der Waals surface area contributed by atoms with Crippen molar-refractivity contribution in [3.63, 3.8) is 0 Å². The van der Waals surface area contributed by atoms with E-state index in [9.17, 15) is 4.79 Å². The van der Waals surface area contributed by atoms with Gasteiger partial charge in [-0.25, -0.2) is 0 Å². The molecule has 1 heterocycles. The molecule has 1 aromatic rings. The van der Waals surface area contributed by atoms with Gasteiger partial charge in [-0.3, -0.25) is 4.79 Å². The number of carbonyl (C=O) groups is 1. The van der Waals surface area contributed by atoms with Crippen molar-refractivity contribution >= 4 is 17.4 Å². The van der Waals surface area contributed by atoms with E-state index in [1.165, 1.54) is 11.1 Å². The molecule has 0 saturated heterocycles. The molecule has 0 spiro atoms. The lowest BCUT2D eigenvalue weighted by Crippen LogP contribution is -2.46. The molecule has 5 heteroatoms. The van der Waals surface area contributed by atoms with E-state index in [2.05, 4.69) is 11.2 Å². The van der Waals surface area contributed by atoms with Gasteiger partial charge in [0.1, 0.15) is 5.92 Å². The monoisotopic (exact) mass is 289 g/mol. The number of nitrogens with zero attached hydrogens (tertiary/aromatic N) is 2. The van der Waals surface area contributed by atoms with Crippen LogP contribution in [0.25, 0.3) is 0 Å². The van der Waals surface area contributed by atoms with Crippen molar-refractivity contribution in [2.75, 3.05) is 11.4 Å². The maximum Gasteiger partial charge on any atom is 0.238 e. The highest BCUT2D eigenvalue weighted by Crippen LogP contribution is 2.30. The van der Waals surface area contributed by atoms with Gasteiger partial charge in [0.2, 0.25) is 5.91 Å². The maximum atomic E-state index is 12.8. The summed E-state index contributed by atoms with van der Waals surface area (Å²) in [6.07, 6.45) is 1.92. The van der Waals surface area contributed by atoms with Crippen LogP contribution in [0.5, 0.6) is 0 Å². The second kappa shape index (κ2) is 6.16. The molecule has 21 heavy (non-hydrogen) atoms. The number of nitrogens with two attached hydrogens (primary N) is 1. The molecule has 0 aromatic heterocycles. The lowest BCUT2D eigenvalue weighted by Gasteiger charge is -2.33. The standard InChI is InChI=1S/C16H23N3O2/c1-10(2)14(15(17)18-21)16(20)19-8-4-5-12-9-11(3)6-7-13(12)19/h6-7,9-10,14,21H,4-5,8H2,1-3H3,(H2,17,18). The van der Waals surface area contributed by atoms with Crippen LogP contribution in [0, 0.1) is 18.8 Å². The Bertz CT molecular complexity index is 567. The zero-order chi connectivity index (χ0) is 15.6. The SMILES string of the molecule is Cc1ccc2c(c1)CCCN2C(=O)C(C(N)=NO)C(C)C. The molecule has 0 bridgehead atoms. The second-order valence-electron chi connectivity index (χ2n) is 5.97. The lowest BCUT2D eigenvalue weighted by atomic mass is 9.91. The number of amidine groups is 1. The number of benzene rings is 1. The van der Waals surface area contributed by atoms with E-state index in [4.69, 9.17) is 10.9 Å². The van der Waals surface area contributed by atoms with Gasteiger partial charge >= 0.3 is 0 Å². The Labute approximate surface area is 125 Å². The summed E-state index contributed by atoms with van der Waals surface area (Å²) in [4.78, 5) is 14.6. The minimum absolute atomic E-state index is 0.0192. The van der Waals surface area contributed by atoms with Gasteiger partial charge < -0.3 is 15.8 Å². The number of hydrogen-bond donors (Lipinski definition) is 2. The first-order valence-electron chi connectivity index (χ1n) is 7.34. The first-order chi connectivity index (χ1) is 9.95. The van der Waals surface area contributed by atoms with Gasteiger partial charge in [-0.2, -0.15) is 0 Å². The van der Waals surface area contributed by atoms with Crippen molar-refractivity contribution in [2.24, 2.45) is 22.7 Å². The van der Waals surface area contributed by atoms with Crippen molar-refractivity contribution in [1.29, 1.82) is 0 Å². The van der Waals surface area contributed by atoms with Gasteiger partial charge in [-0.1, -0.05) is 36.7 Å². The summed E-state index contributed by atoms with van der Waals surface area (Å²) in [6, 6.07) is 6.13. The highest BCUT2D eigenvalue weighted by Gasteiger charge is 2.33. The number of oxime groups is 1. The fourth-order valence-corrected chi connectivity index (χ4v) is 2.94. The van der Waals surface area contributed by atoms with E-state index >= 15 is 0 Å². The van der Waals surface area contributed by atoms with Crippen LogP contribution in [0.15, 0.2) is 23.4 Å². The van der Waals surface area contributed by atoms with Crippen molar-refractivity contribution < 1.29 is 10.0 Å². The number of rotatable bonds is 3. The zero-order valence-electron chi connectivity index (χ0n) is 12.8. The summed E-state index contributed by atoms with van der Waals surface area (Å²) in [5.74, 6) is -0.731. The predicted molar refractivity (Wildman–Crippen MR) is 83.6 cm³/mol. The van der Waals surface area contributed by atoms with Crippen molar-refractivity contribution in [1.82, 2.24) is 0 Å². The summed E-state index contributed by atoms with van der Waals surface area (Å²) in [6.45, 7) is 6.53. The van der Waals surface area contributed by atoms with Crippen LogP contribution < -0.4 is 10.6 Å². The third-order valence-electron chi connectivity index (χ3n) is 3.99. The maximum absolute atomic E-state index is 12.8. The molecule has 0 radical (unpaired) electrons. The molecule has 0 aliphatic carbocycles. The molecule has 1 amide bonds. The number of amides is 1. The van der Waals surface area contributed by atoms with E-state index in [1.807, 2.05) is 32.9 Å². The highest BCUT2D eigenvalue weighted by molar-refractivity contribution is 6.09. The average Bonchev–Trinajstić information content (AvgIpc) is 2.45. The smallest absolute Gasteiger partial charge is 0.238 e. The Morgan fingerprint density at radius 1 is 1.43 bits per heavy atom. The molecule has 114 valence electrons. The highest BCUT2D eigenvalue weighted by atomic mass is 16.4. The van der Waals surface area contributed by atoms with Crippen LogP contribution in [-0.4, -0.2) is 23.5 Å². The molecule has 1 aliphatic rings. The van der Waals surface area contributed by atoms with E-state index in [0.29, 0.717) is 6.54 Å². The van der Waals surface area contributed by atoms with Crippen LogP contribution in [0.1, 0.15) is 31.4 Å². The quantitative estimate of drug-likeness (QED) is 0.388. The summed E-state index contributed by atoms with van der Waals surface area (Å²) in [7, 11) is 0. The third-order valence-corrected chi connectivity index (χ3v) is 3.99. The number of carbonyl (C=O) groups excluding carboxylic acids is 1. The van der Waals surface area contributed by atoms with E-state index in [-0.39, 0.29) is 17.7 Å². The molecule has 0 fully saturated rings. The molecule has 1 unspecified atom stereocenters. The van der Waals surface area contributed by atoms with Crippen LogP contribution in [0.2, 0.25) is 0 Å². The van der Waals surface area contributed by atoms with Gasteiger partial charge in [-0.15, -0.1) is 0 Å². The minimum Gasteiger partial charge on any atom is -0.409 e. The van der Waals surface area contributed by atoms with E-state index in [1.54, 1.807) is 4.90 Å². The van der Waals surface area contributed by atoms with Gasteiger partial charge in [0.05, 0.1) is 0 Å². The summed E-state index contributed by atoms with van der Waals surface area (Å²) < 4.78 is 0. The molecular weight excluding hydrogens is 266 g/mol. The van der Waals surface area contributed by atoms with Crippen LogP contribution >= 0.6 is 0 Å². The Balaban J connectivity index is 2.37. The summed E-state index contributed by atoms with van der Waals surface area (Å²) in [5.41, 5.74) is 9.06. The van der Waals surface area contributed by atoms with Crippen LogP contribution in [-0.2, 0) is 11.2 Å². The van der Waals surface area contributed by atoms with E-state index < -0.39 is 5.92 Å².